The van der Waals surface area contributed by atoms with Gasteiger partial charge >= 0.3 is 0 Å². The lowest BCUT2D eigenvalue weighted by atomic mass is 10.1. The Hall–Kier alpha value is -1.39. The van der Waals surface area contributed by atoms with E-state index in [0.717, 1.165) is 0 Å². The lowest BCUT2D eigenvalue weighted by molar-refractivity contribution is -0.384. The highest BCUT2D eigenvalue weighted by molar-refractivity contribution is 6.25. The average molecular weight is 228 g/mol. The minimum absolute atomic E-state index is 0.0128. The Labute approximate surface area is 92.0 Å². The number of nitro groups is 1. The van der Waals surface area contributed by atoms with Gasteiger partial charge in [0, 0.05) is 17.7 Å². The van der Waals surface area contributed by atoms with Crippen LogP contribution in [0.1, 0.15) is 18.1 Å². The first-order valence-corrected chi connectivity index (χ1v) is 4.76. The van der Waals surface area contributed by atoms with E-state index in [-0.39, 0.29) is 5.69 Å². The third-order valence-electron chi connectivity index (χ3n) is 1.94. The van der Waals surface area contributed by atoms with E-state index in [1.807, 2.05) is 0 Å². The predicted octanol–water partition coefficient (Wildman–Crippen LogP) is 2.77. The number of nitro benzene ring substituents is 1. The van der Waals surface area contributed by atoms with E-state index in [1.54, 1.807) is 6.08 Å². The Morgan fingerprint density at radius 1 is 1.47 bits per heavy atom. The van der Waals surface area contributed by atoms with Crippen molar-refractivity contribution in [2.75, 3.05) is 0 Å². The molecule has 0 fully saturated rings. The van der Waals surface area contributed by atoms with E-state index in [4.69, 9.17) is 11.6 Å². The number of hydrogen-bond donors (Lipinski definition) is 1. The fourth-order valence-electron chi connectivity index (χ4n) is 1.13. The van der Waals surface area contributed by atoms with Crippen molar-refractivity contribution in [2.24, 2.45) is 0 Å². The van der Waals surface area contributed by atoms with Gasteiger partial charge in [-0.05, 0) is 24.1 Å². The van der Waals surface area contributed by atoms with Gasteiger partial charge in [-0.3, -0.25) is 10.1 Å². The van der Waals surface area contributed by atoms with Gasteiger partial charge in [-0.25, -0.2) is 0 Å². The summed E-state index contributed by atoms with van der Waals surface area (Å²) in [6, 6.07) is 5.79. The van der Waals surface area contributed by atoms with Crippen molar-refractivity contribution in [3.05, 3.63) is 51.6 Å². The summed E-state index contributed by atoms with van der Waals surface area (Å²) in [6.45, 7) is 0. The number of aliphatic hydroxyl groups is 1. The minimum Gasteiger partial charge on any atom is -0.388 e. The quantitative estimate of drug-likeness (QED) is 0.635. The second-order valence-electron chi connectivity index (χ2n) is 2.96. The SMILES string of the molecule is O=[N+]([O-])c1ccc([C@H](O)C/C=C/Cl)cc1. The number of rotatable bonds is 4. The van der Waals surface area contributed by atoms with E-state index in [1.165, 1.54) is 29.8 Å². The normalized spacial score (nSPS) is 12.9. The molecule has 0 aliphatic heterocycles. The summed E-state index contributed by atoms with van der Waals surface area (Å²) in [5.74, 6) is 0. The first-order chi connectivity index (χ1) is 7.15. The molecule has 0 radical (unpaired) electrons. The highest BCUT2D eigenvalue weighted by Gasteiger charge is 2.08. The molecular formula is C10H10ClNO3. The van der Waals surface area contributed by atoms with E-state index in [0.29, 0.717) is 12.0 Å². The summed E-state index contributed by atoms with van der Waals surface area (Å²) >= 11 is 5.32. The summed E-state index contributed by atoms with van der Waals surface area (Å²) in [4.78, 5) is 9.89. The van der Waals surface area contributed by atoms with Gasteiger partial charge in [-0.2, -0.15) is 0 Å². The number of benzene rings is 1. The molecule has 0 heterocycles. The number of hydrogen-bond acceptors (Lipinski definition) is 3. The zero-order chi connectivity index (χ0) is 11.3. The zero-order valence-corrected chi connectivity index (χ0v) is 8.59. The lowest BCUT2D eigenvalue weighted by Gasteiger charge is -2.07. The van der Waals surface area contributed by atoms with Gasteiger partial charge in [0.2, 0.25) is 0 Å². The van der Waals surface area contributed by atoms with Crippen molar-refractivity contribution in [1.82, 2.24) is 0 Å². The molecule has 15 heavy (non-hydrogen) atoms. The van der Waals surface area contributed by atoms with Crippen LogP contribution in [0.4, 0.5) is 5.69 Å². The Kier molecular flexibility index (Phi) is 4.27. The Morgan fingerprint density at radius 3 is 2.53 bits per heavy atom. The van der Waals surface area contributed by atoms with E-state index in [9.17, 15) is 15.2 Å². The third kappa shape index (κ3) is 3.34. The number of halogens is 1. The number of aliphatic hydroxyl groups excluding tert-OH is 1. The topological polar surface area (TPSA) is 63.4 Å². The van der Waals surface area contributed by atoms with Crippen LogP contribution in [0.25, 0.3) is 0 Å². The maximum Gasteiger partial charge on any atom is 0.269 e. The summed E-state index contributed by atoms with van der Waals surface area (Å²) in [6.07, 6.45) is 1.33. The molecule has 0 bridgehead atoms. The van der Waals surface area contributed by atoms with E-state index in [2.05, 4.69) is 0 Å². The van der Waals surface area contributed by atoms with Crippen molar-refractivity contribution in [3.8, 4) is 0 Å². The minimum atomic E-state index is -0.680. The van der Waals surface area contributed by atoms with Gasteiger partial charge in [0.05, 0.1) is 11.0 Å². The van der Waals surface area contributed by atoms with Crippen molar-refractivity contribution in [3.63, 3.8) is 0 Å². The maximum absolute atomic E-state index is 10.4. The van der Waals surface area contributed by atoms with Crippen LogP contribution in [-0.2, 0) is 0 Å². The van der Waals surface area contributed by atoms with Crippen molar-refractivity contribution in [2.45, 2.75) is 12.5 Å². The van der Waals surface area contributed by atoms with Gasteiger partial charge in [0.25, 0.3) is 5.69 Å². The van der Waals surface area contributed by atoms with E-state index >= 15 is 0 Å². The van der Waals surface area contributed by atoms with Gasteiger partial charge in [-0.15, -0.1) is 0 Å². The maximum atomic E-state index is 10.4. The summed E-state index contributed by atoms with van der Waals surface area (Å²) < 4.78 is 0. The van der Waals surface area contributed by atoms with Crippen LogP contribution in [0.15, 0.2) is 35.9 Å². The van der Waals surface area contributed by atoms with E-state index < -0.39 is 11.0 Å². The van der Waals surface area contributed by atoms with Crippen molar-refractivity contribution in [1.29, 1.82) is 0 Å². The molecule has 0 saturated heterocycles. The van der Waals surface area contributed by atoms with Crippen LogP contribution in [0.5, 0.6) is 0 Å². The fraction of sp³-hybridized carbons (Fsp3) is 0.200. The summed E-state index contributed by atoms with van der Waals surface area (Å²) in [5, 5.41) is 20.0. The van der Waals surface area contributed by atoms with Gasteiger partial charge in [0.1, 0.15) is 0 Å². The highest BCUT2D eigenvalue weighted by atomic mass is 35.5. The van der Waals surface area contributed by atoms with Crippen molar-refractivity contribution < 1.29 is 10.0 Å². The van der Waals surface area contributed by atoms with Gasteiger partial charge in [-0.1, -0.05) is 17.7 Å². The van der Waals surface area contributed by atoms with Crippen molar-refractivity contribution >= 4 is 17.3 Å². The van der Waals surface area contributed by atoms with Crippen LogP contribution < -0.4 is 0 Å². The average Bonchev–Trinajstić information content (AvgIpc) is 2.26. The standard InChI is InChI=1S/C10H10ClNO3/c11-7-1-2-10(13)8-3-5-9(6-4-8)12(14)15/h1,3-7,10,13H,2H2/b7-1+/t10-/m1/s1. The monoisotopic (exact) mass is 227 g/mol. The molecule has 1 aromatic carbocycles. The molecule has 80 valence electrons. The van der Waals surface area contributed by atoms with Gasteiger partial charge in [0.15, 0.2) is 0 Å². The van der Waals surface area contributed by atoms with Crippen LogP contribution in [0.3, 0.4) is 0 Å². The number of non-ortho nitro benzene ring substituents is 1. The second-order valence-corrected chi connectivity index (χ2v) is 3.21. The molecule has 0 aromatic heterocycles. The Balaban J connectivity index is 2.75. The summed E-state index contributed by atoms with van der Waals surface area (Å²) in [5.41, 5.74) is 1.98. The molecule has 1 N–H and O–H groups in total. The fourth-order valence-corrected chi connectivity index (χ4v) is 1.24. The molecule has 1 aromatic rings. The first-order valence-electron chi connectivity index (χ1n) is 4.33. The van der Waals surface area contributed by atoms with Crippen LogP contribution in [0.2, 0.25) is 0 Å². The molecule has 0 unspecified atom stereocenters. The van der Waals surface area contributed by atoms with Crippen LogP contribution in [0, 0.1) is 10.1 Å². The predicted molar refractivity (Wildman–Crippen MR) is 57.7 cm³/mol. The molecule has 1 rings (SSSR count). The van der Waals surface area contributed by atoms with Gasteiger partial charge < -0.3 is 5.11 Å². The second kappa shape index (κ2) is 5.48. The third-order valence-corrected chi connectivity index (χ3v) is 2.12. The molecule has 0 aliphatic carbocycles. The largest absolute Gasteiger partial charge is 0.388 e. The molecule has 0 spiro atoms. The summed E-state index contributed by atoms with van der Waals surface area (Å²) in [7, 11) is 0. The molecule has 4 nitrogen and oxygen atoms in total. The molecule has 0 saturated carbocycles. The molecule has 1 atom stereocenters. The van der Waals surface area contributed by atoms with Crippen LogP contribution >= 0.6 is 11.6 Å². The first kappa shape index (κ1) is 11.7. The number of nitrogens with zero attached hydrogens (tertiary/aromatic N) is 1. The van der Waals surface area contributed by atoms with Crippen LogP contribution in [-0.4, -0.2) is 10.0 Å². The zero-order valence-electron chi connectivity index (χ0n) is 7.84. The molecule has 0 aliphatic rings. The lowest BCUT2D eigenvalue weighted by Crippen LogP contribution is -1.96. The smallest absolute Gasteiger partial charge is 0.269 e. The molecule has 0 amide bonds. The molecular weight excluding hydrogens is 218 g/mol. The Bertz CT molecular complexity index is 361. The Morgan fingerprint density at radius 2 is 2.07 bits per heavy atom. The molecule has 5 heteroatoms. The highest BCUT2D eigenvalue weighted by Crippen LogP contribution is 2.20.